The normalized spacial score (nSPS) is 15.6. The molecular formula is C25H23ClN2O5S. The van der Waals surface area contributed by atoms with E-state index in [1.807, 2.05) is 12.1 Å². The van der Waals surface area contributed by atoms with Crippen molar-refractivity contribution in [2.24, 2.45) is 4.99 Å². The van der Waals surface area contributed by atoms with E-state index in [-0.39, 0.29) is 17.9 Å². The van der Waals surface area contributed by atoms with Crippen LogP contribution >= 0.6 is 22.9 Å². The van der Waals surface area contributed by atoms with Crippen LogP contribution in [0.3, 0.4) is 0 Å². The minimum absolute atomic E-state index is 0.102. The smallest absolute Gasteiger partial charge is 0.338 e. The summed E-state index contributed by atoms with van der Waals surface area (Å²) >= 11 is 7.28. The van der Waals surface area contributed by atoms with Gasteiger partial charge in [-0.3, -0.25) is 9.36 Å². The third-order valence-electron chi connectivity index (χ3n) is 5.50. The number of phenolic OH excluding ortho intramolecular Hbond substituents is 1. The number of nitrogens with zero attached hydrogens (tertiary/aromatic N) is 2. The Morgan fingerprint density at radius 2 is 2.00 bits per heavy atom. The van der Waals surface area contributed by atoms with Gasteiger partial charge in [0.05, 0.1) is 35.6 Å². The molecular weight excluding hydrogens is 476 g/mol. The predicted molar refractivity (Wildman–Crippen MR) is 131 cm³/mol. The Morgan fingerprint density at radius 3 is 2.68 bits per heavy atom. The number of hydrogen-bond acceptors (Lipinski definition) is 7. The topological polar surface area (TPSA) is 90.1 Å². The monoisotopic (exact) mass is 498 g/mol. The second-order valence-electron chi connectivity index (χ2n) is 7.61. The van der Waals surface area contributed by atoms with Gasteiger partial charge in [-0.25, -0.2) is 9.79 Å². The maximum atomic E-state index is 13.5. The molecule has 1 atom stereocenters. The SMILES string of the molecule is CCOC(=O)C1=C(C)N=c2s/c(=C\Cc3cc(Cl)ccc3O)c(=O)n2C1c1ccc(OC)cc1. The minimum Gasteiger partial charge on any atom is -0.508 e. The molecule has 0 bridgehead atoms. The van der Waals surface area contributed by atoms with Crippen molar-refractivity contribution in [3.8, 4) is 11.5 Å². The molecule has 7 nitrogen and oxygen atoms in total. The molecule has 1 aliphatic rings. The molecule has 2 heterocycles. The number of phenols is 1. The number of methoxy groups -OCH3 is 1. The van der Waals surface area contributed by atoms with Crippen LogP contribution in [0.15, 0.2) is 63.5 Å². The van der Waals surface area contributed by atoms with Gasteiger partial charge in [0.15, 0.2) is 4.80 Å². The molecule has 0 amide bonds. The zero-order chi connectivity index (χ0) is 24.4. The molecule has 0 saturated carbocycles. The van der Waals surface area contributed by atoms with Crippen LogP contribution in [0.5, 0.6) is 11.5 Å². The van der Waals surface area contributed by atoms with Gasteiger partial charge in [-0.1, -0.05) is 41.1 Å². The largest absolute Gasteiger partial charge is 0.508 e. The van der Waals surface area contributed by atoms with Crippen molar-refractivity contribution in [1.82, 2.24) is 4.57 Å². The van der Waals surface area contributed by atoms with Gasteiger partial charge < -0.3 is 14.6 Å². The van der Waals surface area contributed by atoms with Crippen LogP contribution in [0, 0.1) is 0 Å². The van der Waals surface area contributed by atoms with Gasteiger partial charge in [0.25, 0.3) is 5.56 Å². The Kier molecular flexibility index (Phi) is 6.90. The summed E-state index contributed by atoms with van der Waals surface area (Å²) in [6.07, 6.45) is 2.05. The van der Waals surface area contributed by atoms with E-state index < -0.39 is 12.0 Å². The van der Waals surface area contributed by atoms with Crippen LogP contribution in [0.2, 0.25) is 5.02 Å². The predicted octanol–water partition coefficient (Wildman–Crippen LogP) is 3.36. The van der Waals surface area contributed by atoms with Gasteiger partial charge in [-0.2, -0.15) is 0 Å². The van der Waals surface area contributed by atoms with Crippen LogP contribution in [-0.2, 0) is 16.0 Å². The van der Waals surface area contributed by atoms with Gasteiger partial charge >= 0.3 is 5.97 Å². The highest BCUT2D eigenvalue weighted by molar-refractivity contribution is 7.07. The van der Waals surface area contributed by atoms with Crippen molar-refractivity contribution in [2.75, 3.05) is 13.7 Å². The average Bonchev–Trinajstić information content (AvgIpc) is 3.13. The lowest BCUT2D eigenvalue weighted by Gasteiger charge is -2.24. The van der Waals surface area contributed by atoms with Crippen LogP contribution < -0.4 is 19.6 Å². The maximum Gasteiger partial charge on any atom is 0.338 e. The molecule has 9 heteroatoms. The minimum atomic E-state index is -0.692. The number of fused-ring (bicyclic) bond motifs is 1. The molecule has 0 fully saturated rings. The molecule has 0 radical (unpaired) electrons. The van der Waals surface area contributed by atoms with Gasteiger partial charge in [-0.15, -0.1) is 0 Å². The molecule has 0 spiro atoms. The molecule has 0 aliphatic carbocycles. The first kappa shape index (κ1) is 23.8. The van der Waals surface area contributed by atoms with E-state index in [1.165, 1.54) is 22.0 Å². The summed E-state index contributed by atoms with van der Waals surface area (Å²) in [5, 5.41) is 10.6. The number of hydrogen-bond donors (Lipinski definition) is 1. The Bertz CT molecular complexity index is 1450. The van der Waals surface area contributed by atoms with E-state index in [9.17, 15) is 14.7 Å². The molecule has 1 aliphatic heterocycles. The number of aromatic hydroxyl groups is 1. The fourth-order valence-corrected chi connectivity index (χ4v) is 5.06. The molecule has 3 aromatic rings. The number of thiazole rings is 1. The van der Waals surface area contributed by atoms with Gasteiger partial charge in [0.1, 0.15) is 11.5 Å². The number of carbonyl (C=O) groups is 1. The summed E-state index contributed by atoms with van der Waals surface area (Å²) in [4.78, 5) is 31.5. The number of halogens is 1. The maximum absolute atomic E-state index is 13.5. The lowest BCUT2D eigenvalue weighted by Crippen LogP contribution is -2.39. The number of benzene rings is 2. The Hall–Kier alpha value is -3.36. The second-order valence-corrected chi connectivity index (χ2v) is 9.06. The fourth-order valence-electron chi connectivity index (χ4n) is 3.85. The number of carbonyl (C=O) groups excluding carboxylic acids is 1. The van der Waals surface area contributed by atoms with Crippen molar-refractivity contribution < 1.29 is 19.4 Å². The third-order valence-corrected chi connectivity index (χ3v) is 6.76. The number of ether oxygens (including phenoxy) is 2. The van der Waals surface area contributed by atoms with E-state index in [4.69, 9.17) is 21.1 Å². The third kappa shape index (κ3) is 4.51. The lowest BCUT2D eigenvalue weighted by atomic mass is 9.96. The van der Waals surface area contributed by atoms with E-state index in [2.05, 4.69) is 4.99 Å². The summed E-state index contributed by atoms with van der Waals surface area (Å²) in [5.74, 6) is 0.253. The Labute approximate surface area is 204 Å². The highest BCUT2D eigenvalue weighted by Gasteiger charge is 2.33. The summed E-state index contributed by atoms with van der Waals surface area (Å²) in [5.41, 5.74) is 1.88. The standard InChI is InChI=1S/C25H23ClN2O5S/c1-4-33-24(31)21-14(2)27-25-28(22(21)15-5-9-18(32-3)10-6-15)23(30)20(34-25)12-7-16-13-17(26)8-11-19(16)29/h5-6,8-13,22,29H,4,7H2,1-3H3/b20-12-. The highest BCUT2D eigenvalue weighted by atomic mass is 35.5. The Balaban J connectivity index is 1.86. The molecule has 34 heavy (non-hydrogen) atoms. The van der Waals surface area contributed by atoms with Gasteiger partial charge in [0.2, 0.25) is 0 Å². The van der Waals surface area contributed by atoms with Crippen LogP contribution in [-0.4, -0.2) is 29.4 Å². The summed E-state index contributed by atoms with van der Waals surface area (Å²) in [6, 6.07) is 11.3. The fraction of sp³-hybridized carbons (Fsp3) is 0.240. The average molecular weight is 499 g/mol. The number of esters is 1. The molecule has 1 N–H and O–H groups in total. The van der Waals surface area contributed by atoms with E-state index in [0.29, 0.717) is 43.4 Å². The summed E-state index contributed by atoms with van der Waals surface area (Å²) in [7, 11) is 1.57. The first-order chi connectivity index (χ1) is 16.3. The lowest BCUT2D eigenvalue weighted by molar-refractivity contribution is -0.139. The van der Waals surface area contributed by atoms with Crippen molar-refractivity contribution in [1.29, 1.82) is 0 Å². The molecule has 4 rings (SSSR count). The summed E-state index contributed by atoms with van der Waals surface area (Å²) in [6.45, 7) is 3.68. The number of rotatable bonds is 6. The first-order valence-electron chi connectivity index (χ1n) is 10.6. The van der Waals surface area contributed by atoms with Gasteiger partial charge in [0, 0.05) is 5.02 Å². The number of aromatic nitrogens is 1. The Morgan fingerprint density at radius 1 is 1.26 bits per heavy atom. The van der Waals surface area contributed by atoms with Crippen LogP contribution in [0.1, 0.15) is 31.0 Å². The summed E-state index contributed by atoms with van der Waals surface area (Å²) < 4.78 is 12.5. The van der Waals surface area contributed by atoms with Crippen molar-refractivity contribution >= 4 is 35.0 Å². The van der Waals surface area contributed by atoms with Crippen molar-refractivity contribution in [3.63, 3.8) is 0 Å². The van der Waals surface area contributed by atoms with Gasteiger partial charge in [-0.05, 0) is 61.7 Å². The van der Waals surface area contributed by atoms with E-state index in [0.717, 1.165) is 5.56 Å². The van der Waals surface area contributed by atoms with Crippen molar-refractivity contribution in [3.05, 3.63) is 89.6 Å². The molecule has 1 unspecified atom stereocenters. The van der Waals surface area contributed by atoms with E-state index >= 15 is 0 Å². The van der Waals surface area contributed by atoms with E-state index in [1.54, 1.807) is 51.3 Å². The zero-order valence-corrected chi connectivity index (χ0v) is 20.4. The second kappa shape index (κ2) is 9.87. The molecule has 0 saturated heterocycles. The van der Waals surface area contributed by atoms with Crippen molar-refractivity contribution in [2.45, 2.75) is 26.3 Å². The molecule has 176 valence electrons. The van der Waals surface area contributed by atoms with Crippen LogP contribution in [0.4, 0.5) is 0 Å². The number of allylic oxidation sites excluding steroid dienone is 1. The first-order valence-corrected chi connectivity index (χ1v) is 11.8. The van der Waals surface area contributed by atoms with Crippen LogP contribution in [0.25, 0.3) is 6.08 Å². The highest BCUT2D eigenvalue weighted by Crippen LogP contribution is 2.31. The quantitative estimate of drug-likeness (QED) is 0.526. The molecule has 2 aromatic carbocycles. The molecule has 1 aromatic heterocycles. The zero-order valence-electron chi connectivity index (χ0n) is 18.9.